The number of H-pyrrole nitrogens is 1. The molecule has 0 aliphatic carbocycles. The van der Waals surface area contributed by atoms with Gasteiger partial charge in [0.2, 0.25) is 5.91 Å². The fraction of sp³-hybridized carbons (Fsp3) is 0.353. The summed E-state index contributed by atoms with van der Waals surface area (Å²) >= 11 is 1.19. The van der Waals surface area contributed by atoms with Crippen molar-refractivity contribution in [3.05, 3.63) is 51.4 Å². The SMILES string of the molecule is Cc1ccc(NC(=O)[C@H](C)Sc2nc(C)c(CCO)c(=O)[nH]2)cc1. The number of aromatic amines is 1. The molecule has 0 spiro atoms. The van der Waals surface area contributed by atoms with Crippen LogP contribution in [0.2, 0.25) is 0 Å². The average molecular weight is 347 g/mol. The summed E-state index contributed by atoms with van der Waals surface area (Å²) in [6, 6.07) is 7.54. The molecule has 6 nitrogen and oxygen atoms in total. The van der Waals surface area contributed by atoms with Crippen LogP contribution in [0.4, 0.5) is 5.69 Å². The first-order chi connectivity index (χ1) is 11.4. The van der Waals surface area contributed by atoms with Gasteiger partial charge in [-0.1, -0.05) is 29.5 Å². The Morgan fingerprint density at radius 1 is 1.33 bits per heavy atom. The van der Waals surface area contributed by atoms with Crippen LogP contribution >= 0.6 is 11.8 Å². The predicted octanol–water partition coefficient (Wildman–Crippen LogP) is 2.04. The van der Waals surface area contributed by atoms with E-state index in [-0.39, 0.29) is 24.5 Å². The van der Waals surface area contributed by atoms with Crippen molar-refractivity contribution in [1.82, 2.24) is 9.97 Å². The number of nitrogens with one attached hydrogen (secondary N) is 2. The molecule has 0 fully saturated rings. The molecule has 0 aliphatic rings. The summed E-state index contributed by atoms with van der Waals surface area (Å²) in [5.41, 5.74) is 2.62. The van der Waals surface area contributed by atoms with Gasteiger partial charge in [-0.15, -0.1) is 0 Å². The number of aryl methyl sites for hydroxylation is 2. The highest BCUT2D eigenvalue weighted by Crippen LogP contribution is 2.21. The summed E-state index contributed by atoms with van der Waals surface area (Å²) in [6.45, 7) is 5.36. The van der Waals surface area contributed by atoms with Crippen molar-refractivity contribution in [2.45, 2.75) is 37.6 Å². The summed E-state index contributed by atoms with van der Waals surface area (Å²) in [6.07, 6.45) is 0.266. The summed E-state index contributed by atoms with van der Waals surface area (Å²) in [7, 11) is 0. The topological polar surface area (TPSA) is 95.1 Å². The highest BCUT2D eigenvalue weighted by molar-refractivity contribution is 8.00. The van der Waals surface area contributed by atoms with E-state index in [1.807, 2.05) is 31.2 Å². The van der Waals surface area contributed by atoms with Gasteiger partial charge < -0.3 is 15.4 Å². The van der Waals surface area contributed by atoms with Gasteiger partial charge >= 0.3 is 0 Å². The van der Waals surface area contributed by atoms with Crippen molar-refractivity contribution >= 4 is 23.4 Å². The van der Waals surface area contributed by atoms with Crippen LogP contribution in [0.1, 0.15) is 23.7 Å². The minimum absolute atomic E-state index is 0.104. The molecule has 0 aliphatic heterocycles. The van der Waals surface area contributed by atoms with Gasteiger partial charge in [-0.25, -0.2) is 4.98 Å². The number of carbonyl (C=O) groups is 1. The van der Waals surface area contributed by atoms with E-state index in [1.54, 1.807) is 13.8 Å². The quantitative estimate of drug-likeness (QED) is 0.549. The van der Waals surface area contributed by atoms with Crippen molar-refractivity contribution in [2.24, 2.45) is 0 Å². The molecule has 1 heterocycles. The van der Waals surface area contributed by atoms with Crippen LogP contribution in [0.15, 0.2) is 34.2 Å². The largest absolute Gasteiger partial charge is 0.396 e. The molecule has 3 N–H and O–H groups in total. The molecule has 1 aromatic heterocycles. The van der Waals surface area contributed by atoms with Crippen LogP contribution in [0, 0.1) is 13.8 Å². The number of thioether (sulfide) groups is 1. The second-order valence-corrected chi connectivity index (χ2v) is 6.85. The lowest BCUT2D eigenvalue weighted by Gasteiger charge is -2.12. The van der Waals surface area contributed by atoms with Gasteiger partial charge in [-0.05, 0) is 32.9 Å². The van der Waals surface area contributed by atoms with Gasteiger partial charge in [0.25, 0.3) is 5.56 Å². The Morgan fingerprint density at radius 2 is 2.00 bits per heavy atom. The molecule has 0 unspecified atom stereocenters. The molecule has 128 valence electrons. The standard InChI is InChI=1S/C17H21N3O3S/c1-10-4-6-13(7-5-10)19-15(22)12(3)24-17-18-11(2)14(8-9-21)16(23)20-17/h4-7,12,21H,8-9H2,1-3H3,(H,19,22)(H,18,20,23)/t12-/m0/s1. The summed E-state index contributed by atoms with van der Waals surface area (Å²) in [4.78, 5) is 31.2. The Morgan fingerprint density at radius 3 is 2.58 bits per heavy atom. The third kappa shape index (κ3) is 4.69. The zero-order valence-corrected chi connectivity index (χ0v) is 14.7. The van der Waals surface area contributed by atoms with Crippen LogP contribution in [-0.2, 0) is 11.2 Å². The van der Waals surface area contributed by atoms with E-state index >= 15 is 0 Å². The van der Waals surface area contributed by atoms with Crippen molar-refractivity contribution in [3.63, 3.8) is 0 Å². The highest BCUT2D eigenvalue weighted by atomic mass is 32.2. The maximum Gasteiger partial charge on any atom is 0.255 e. The summed E-state index contributed by atoms with van der Waals surface area (Å²) in [5.74, 6) is -0.163. The number of hydrogen-bond donors (Lipinski definition) is 3. The first-order valence-corrected chi connectivity index (χ1v) is 8.53. The van der Waals surface area contributed by atoms with E-state index in [0.717, 1.165) is 11.3 Å². The zero-order valence-electron chi connectivity index (χ0n) is 13.9. The summed E-state index contributed by atoms with van der Waals surface area (Å²) in [5, 5.41) is 11.8. The van der Waals surface area contributed by atoms with Gasteiger partial charge in [0.05, 0.1) is 5.25 Å². The summed E-state index contributed by atoms with van der Waals surface area (Å²) < 4.78 is 0. The molecule has 0 saturated carbocycles. The lowest BCUT2D eigenvalue weighted by atomic mass is 10.2. The number of rotatable bonds is 6. The van der Waals surface area contributed by atoms with Gasteiger partial charge in [0.1, 0.15) is 0 Å². The molecule has 24 heavy (non-hydrogen) atoms. The number of anilines is 1. The number of nitrogens with zero attached hydrogens (tertiary/aromatic N) is 1. The third-order valence-electron chi connectivity index (χ3n) is 3.54. The van der Waals surface area contributed by atoms with Crippen LogP contribution in [0.3, 0.4) is 0 Å². The van der Waals surface area contributed by atoms with E-state index in [4.69, 9.17) is 5.11 Å². The maximum atomic E-state index is 12.3. The Balaban J connectivity index is 2.06. The number of benzene rings is 1. The molecule has 0 saturated heterocycles. The van der Waals surface area contributed by atoms with Gasteiger partial charge in [0.15, 0.2) is 5.16 Å². The molecular weight excluding hydrogens is 326 g/mol. The van der Waals surface area contributed by atoms with Crippen LogP contribution < -0.4 is 10.9 Å². The fourth-order valence-electron chi connectivity index (χ4n) is 2.15. The smallest absolute Gasteiger partial charge is 0.255 e. The van der Waals surface area contributed by atoms with Crippen molar-refractivity contribution in [1.29, 1.82) is 0 Å². The monoisotopic (exact) mass is 347 g/mol. The third-order valence-corrected chi connectivity index (χ3v) is 4.52. The van der Waals surface area contributed by atoms with Crippen molar-refractivity contribution in [2.75, 3.05) is 11.9 Å². The Bertz CT molecular complexity index is 772. The fourth-order valence-corrected chi connectivity index (χ4v) is 2.99. The Labute approximate surface area is 144 Å². The predicted molar refractivity (Wildman–Crippen MR) is 95.5 cm³/mol. The van der Waals surface area contributed by atoms with Crippen molar-refractivity contribution in [3.8, 4) is 0 Å². The number of carbonyl (C=O) groups excluding carboxylic acids is 1. The van der Waals surface area contributed by atoms with E-state index in [1.165, 1.54) is 11.8 Å². The Hall–Kier alpha value is -2.12. The number of amides is 1. The number of aromatic nitrogens is 2. The molecular formula is C17H21N3O3S. The first-order valence-electron chi connectivity index (χ1n) is 7.65. The molecule has 2 aromatic rings. The number of aliphatic hydroxyl groups excluding tert-OH is 1. The molecule has 1 amide bonds. The lowest BCUT2D eigenvalue weighted by Crippen LogP contribution is -2.24. The molecule has 0 radical (unpaired) electrons. The van der Waals surface area contributed by atoms with Gasteiger partial charge in [-0.3, -0.25) is 9.59 Å². The zero-order chi connectivity index (χ0) is 17.7. The van der Waals surface area contributed by atoms with Gasteiger partial charge in [-0.2, -0.15) is 0 Å². The van der Waals surface area contributed by atoms with E-state index < -0.39 is 5.25 Å². The molecule has 7 heteroatoms. The minimum atomic E-state index is -0.419. The molecule has 1 atom stereocenters. The van der Waals surface area contributed by atoms with Crippen LogP contribution in [0.25, 0.3) is 0 Å². The highest BCUT2D eigenvalue weighted by Gasteiger charge is 2.17. The first kappa shape index (κ1) is 18.2. The van der Waals surface area contributed by atoms with Crippen LogP contribution in [0.5, 0.6) is 0 Å². The Kier molecular flexibility index (Phi) is 6.16. The van der Waals surface area contributed by atoms with E-state index in [0.29, 0.717) is 16.4 Å². The minimum Gasteiger partial charge on any atom is -0.396 e. The second kappa shape index (κ2) is 8.12. The van der Waals surface area contributed by atoms with Gasteiger partial charge in [0, 0.05) is 30.0 Å². The average Bonchev–Trinajstić information content (AvgIpc) is 2.53. The molecule has 2 rings (SSSR count). The van der Waals surface area contributed by atoms with Crippen LogP contribution in [-0.4, -0.2) is 32.8 Å². The number of aliphatic hydroxyl groups is 1. The normalized spacial score (nSPS) is 12.0. The lowest BCUT2D eigenvalue weighted by molar-refractivity contribution is -0.115. The van der Waals surface area contributed by atoms with Crippen molar-refractivity contribution < 1.29 is 9.90 Å². The molecule has 1 aromatic carbocycles. The molecule has 0 bridgehead atoms. The number of hydrogen-bond acceptors (Lipinski definition) is 5. The van der Waals surface area contributed by atoms with E-state index in [9.17, 15) is 9.59 Å². The van der Waals surface area contributed by atoms with E-state index in [2.05, 4.69) is 15.3 Å². The second-order valence-electron chi connectivity index (χ2n) is 5.52. The maximum absolute atomic E-state index is 12.3.